The highest BCUT2D eigenvalue weighted by atomic mass is 32.2. The molecule has 166 valence electrons. The standard InChI is InChI=1S/C25H33N3O2S/c1-18(2)16-26-25(30)22-15-20(9-10-23(22)28-13-11-19(3)12-14-28)27-24(29)17-31-21-7-5-4-6-8-21/h4-10,15,18-19H,11-14,16-17H2,1-3H3,(H,26,30)(H,27,29). The van der Waals surface area contributed by atoms with Crippen LogP contribution in [0.2, 0.25) is 0 Å². The van der Waals surface area contributed by atoms with Gasteiger partial charge in [0.05, 0.1) is 11.3 Å². The topological polar surface area (TPSA) is 61.4 Å². The molecule has 3 rings (SSSR count). The van der Waals surface area contributed by atoms with Crippen molar-refractivity contribution in [2.24, 2.45) is 11.8 Å². The number of thioether (sulfide) groups is 1. The predicted octanol–water partition coefficient (Wildman–Crippen LogP) is 5.04. The number of anilines is 2. The first kappa shape index (κ1) is 23.2. The number of carbonyl (C=O) groups is 2. The lowest BCUT2D eigenvalue weighted by molar-refractivity contribution is -0.113. The summed E-state index contributed by atoms with van der Waals surface area (Å²) in [6.45, 7) is 8.96. The van der Waals surface area contributed by atoms with E-state index in [2.05, 4.69) is 36.3 Å². The maximum Gasteiger partial charge on any atom is 0.253 e. The van der Waals surface area contributed by atoms with E-state index in [9.17, 15) is 9.59 Å². The van der Waals surface area contributed by atoms with Crippen LogP contribution >= 0.6 is 11.8 Å². The van der Waals surface area contributed by atoms with Crippen molar-refractivity contribution in [3.63, 3.8) is 0 Å². The van der Waals surface area contributed by atoms with Gasteiger partial charge < -0.3 is 15.5 Å². The van der Waals surface area contributed by atoms with E-state index in [1.54, 1.807) is 0 Å². The van der Waals surface area contributed by atoms with Gasteiger partial charge in [-0.2, -0.15) is 0 Å². The molecule has 6 heteroatoms. The van der Waals surface area contributed by atoms with Crippen LogP contribution in [0.25, 0.3) is 0 Å². The van der Waals surface area contributed by atoms with Gasteiger partial charge in [-0.15, -0.1) is 11.8 Å². The Hall–Kier alpha value is -2.47. The van der Waals surface area contributed by atoms with Crippen molar-refractivity contribution in [1.82, 2.24) is 5.32 Å². The largest absolute Gasteiger partial charge is 0.371 e. The summed E-state index contributed by atoms with van der Waals surface area (Å²) in [5, 5.41) is 5.98. The number of piperidine rings is 1. The van der Waals surface area contributed by atoms with Crippen molar-refractivity contribution in [3.05, 3.63) is 54.1 Å². The first-order valence-electron chi connectivity index (χ1n) is 11.1. The minimum absolute atomic E-state index is 0.0815. The Morgan fingerprint density at radius 2 is 1.81 bits per heavy atom. The van der Waals surface area contributed by atoms with Gasteiger partial charge in [-0.25, -0.2) is 0 Å². The molecule has 1 heterocycles. The van der Waals surface area contributed by atoms with Crippen LogP contribution in [-0.2, 0) is 4.79 Å². The van der Waals surface area contributed by atoms with E-state index < -0.39 is 0 Å². The van der Waals surface area contributed by atoms with Crippen molar-refractivity contribution in [2.45, 2.75) is 38.5 Å². The molecule has 2 amide bonds. The molecule has 2 aromatic rings. The van der Waals surface area contributed by atoms with E-state index in [0.29, 0.717) is 29.5 Å². The monoisotopic (exact) mass is 439 g/mol. The average Bonchev–Trinajstić information content (AvgIpc) is 2.77. The van der Waals surface area contributed by atoms with Crippen LogP contribution in [0.15, 0.2) is 53.4 Å². The molecule has 1 saturated heterocycles. The lowest BCUT2D eigenvalue weighted by atomic mass is 9.97. The molecule has 0 aliphatic carbocycles. The first-order chi connectivity index (χ1) is 14.9. The van der Waals surface area contributed by atoms with Crippen molar-refractivity contribution < 1.29 is 9.59 Å². The summed E-state index contributed by atoms with van der Waals surface area (Å²) in [6, 6.07) is 15.5. The third kappa shape index (κ3) is 7.03. The molecule has 0 saturated carbocycles. The fourth-order valence-corrected chi connectivity index (χ4v) is 4.30. The third-order valence-electron chi connectivity index (χ3n) is 5.43. The SMILES string of the molecule is CC(C)CNC(=O)c1cc(NC(=O)CSc2ccccc2)ccc1N1CCC(C)CC1. The molecule has 0 atom stereocenters. The second-order valence-corrected chi connectivity index (χ2v) is 9.70. The van der Waals surface area contributed by atoms with Crippen molar-refractivity contribution >= 4 is 35.0 Å². The molecule has 5 nitrogen and oxygen atoms in total. The first-order valence-corrected chi connectivity index (χ1v) is 12.1. The predicted molar refractivity (Wildman–Crippen MR) is 130 cm³/mol. The van der Waals surface area contributed by atoms with Crippen molar-refractivity contribution in [1.29, 1.82) is 0 Å². The summed E-state index contributed by atoms with van der Waals surface area (Å²) < 4.78 is 0. The zero-order valence-electron chi connectivity index (χ0n) is 18.7. The van der Waals surface area contributed by atoms with Crippen LogP contribution in [0.1, 0.15) is 44.0 Å². The molecule has 1 aliphatic rings. The minimum Gasteiger partial charge on any atom is -0.371 e. The van der Waals surface area contributed by atoms with Crippen LogP contribution in [0.3, 0.4) is 0 Å². The zero-order valence-corrected chi connectivity index (χ0v) is 19.5. The van der Waals surface area contributed by atoms with Gasteiger partial charge in [-0.3, -0.25) is 9.59 Å². The fourth-order valence-electron chi connectivity index (χ4n) is 3.58. The summed E-state index contributed by atoms with van der Waals surface area (Å²) >= 11 is 1.50. The fraction of sp³-hybridized carbons (Fsp3) is 0.440. The molecule has 0 unspecified atom stereocenters. The van der Waals surface area contributed by atoms with E-state index in [-0.39, 0.29) is 11.8 Å². The molecule has 31 heavy (non-hydrogen) atoms. The number of nitrogens with one attached hydrogen (secondary N) is 2. The number of nitrogens with zero attached hydrogens (tertiary/aromatic N) is 1. The number of benzene rings is 2. The molecule has 0 bridgehead atoms. The Balaban J connectivity index is 1.72. The Kier molecular flexibility index (Phi) is 8.41. The molecule has 0 radical (unpaired) electrons. The molecule has 2 aromatic carbocycles. The molecule has 1 aliphatic heterocycles. The molecular formula is C25H33N3O2S. The lowest BCUT2D eigenvalue weighted by Crippen LogP contribution is -2.35. The minimum atomic E-state index is -0.0860. The van der Waals surface area contributed by atoms with Gasteiger partial charge in [0.2, 0.25) is 5.91 Å². The molecule has 2 N–H and O–H groups in total. The van der Waals surface area contributed by atoms with Gasteiger partial charge >= 0.3 is 0 Å². The summed E-state index contributed by atoms with van der Waals surface area (Å²) in [5.74, 6) is 1.25. The summed E-state index contributed by atoms with van der Waals surface area (Å²) in [5.41, 5.74) is 2.23. The van der Waals surface area contributed by atoms with Crippen LogP contribution in [0, 0.1) is 11.8 Å². The van der Waals surface area contributed by atoms with Gasteiger partial charge in [0.25, 0.3) is 5.91 Å². The third-order valence-corrected chi connectivity index (χ3v) is 6.45. The van der Waals surface area contributed by atoms with Crippen LogP contribution in [0.4, 0.5) is 11.4 Å². The van der Waals surface area contributed by atoms with E-state index in [1.165, 1.54) is 11.8 Å². The Morgan fingerprint density at radius 1 is 1.10 bits per heavy atom. The Labute approximate surface area is 190 Å². The van der Waals surface area contributed by atoms with E-state index in [0.717, 1.165) is 42.4 Å². The van der Waals surface area contributed by atoms with Gasteiger partial charge in [-0.1, -0.05) is 39.0 Å². The van der Waals surface area contributed by atoms with Crippen molar-refractivity contribution in [3.8, 4) is 0 Å². The number of amides is 2. The van der Waals surface area contributed by atoms with Crippen LogP contribution in [0.5, 0.6) is 0 Å². The van der Waals surface area contributed by atoms with Gasteiger partial charge in [0, 0.05) is 35.9 Å². The average molecular weight is 440 g/mol. The van der Waals surface area contributed by atoms with E-state index in [4.69, 9.17) is 0 Å². The molecule has 1 fully saturated rings. The maximum absolute atomic E-state index is 13.0. The highest BCUT2D eigenvalue weighted by Gasteiger charge is 2.22. The van der Waals surface area contributed by atoms with Crippen LogP contribution < -0.4 is 15.5 Å². The second-order valence-electron chi connectivity index (χ2n) is 8.66. The number of rotatable bonds is 8. The number of hydrogen-bond donors (Lipinski definition) is 2. The Bertz CT molecular complexity index is 878. The van der Waals surface area contributed by atoms with Gasteiger partial charge in [0.15, 0.2) is 0 Å². The lowest BCUT2D eigenvalue weighted by Gasteiger charge is -2.33. The van der Waals surface area contributed by atoms with Crippen molar-refractivity contribution in [2.75, 3.05) is 35.6 Å². The normalized spacial score (nSPS) is 14.5. The quantitative estimate of drug-likeness (QED) is 0.566. The number of hydrogen-bond acceptors (Lipinski definition) is 4. The van der Waals surface area contributed by atoms with Gasteiger partial charge in [-0.05, 0) is 55.0 Å². The Morgan fingerprint density at radius 3 is 2.48 bits per heavy atom. The van der Waals surface area contributed by atoms with Gasteiger partial charge in [0.1, 0.15) is 0 Å². The zero-order chi connectivity index (χ0) is 22.2. The maximum atomic E-state index is 13.0. The second kappa shape index (κ2) is 11.2. The molecular weight excluding hydrogens is 406 g/mol. The number of carbonyl (C=O) groups excluding carboxylic acids is 2. The van der Waals surface area contributed by atoms with E-state index in [1.807, 2.05) is 48.5 Å². The molecule has 0 spiro atoms. The smallest absolute Gasteiger partial charge is 0.253 e. The van der Waals surface area contributed by atoms with Crippen LogP contribution in [-0.4, -0.2) is 37.2 Å². The summed E-state index contributed by atoms with van der Waals surface area (Å²) in [7, 11) is 0. The van der Waals surface area contributed by atoms with E-state index >= 15 is 0 Å². The highest BCUT2D eigenvalue weighted by Crippen LogP contribution is 2.29. The highest BCUT2D eigenvalue weighted by molar-refractivity contribution is 8.00. The molecule has 0 aromatic heterocycles. The summed E-state index contributed by atoms with van der Waals surface area (Å²) in [4.78, 5) is 28.8. The summed E-state index contributed by atoms with van der Waals surface area (Å²) in [6.07, 6.45) is 2.25.